The van der Waals surface area contributed by atoms with Crippen LogP contribution in [-0.2, 0) is 6.18 Å². The number of rotatable bonds is 2. The van der Waals surface area contributed by atoms with Gasteiger partial charge < -0.3 is 5.21 Å². The SMILES string of the molecule is O/N=C(\c1cccc(C(F)(F)F)c1)c1ncccn1. The van der Waals surface area contributed by atoms with Crippen LogP contribution >= 0.6 is 0 Å². The first-order chi connectivity index (χ1) is 9.02. The van der Waals surface area contributed by atoms with E-state index >= 15 is 0 Å². The molecule has 0 amide bonds. The third-order valence-electron chi connectivity index (χ3n) is 2.34. The molecule has 0 aliphatic carbocycles. The molecule has 0 aliphatic heterocycles. The van der Waals surface area contributed by atoms with Crippen LogP contribution in [0.5, 0.6) is 0 Å². The van der Waals surface area contributed by atoms with Crippen LogP contribution < -0.4 is 0 Å². The van der Waals surface area contributed by atoms with Crippen molar-refractivity contribution in [2.75, 3.05) is 0 Å². The fourth-order valence-electron chi connectivity index (χ4n) is 1.50. The topological polar surface area (TPSA) is 58.4 Å². The molecule has 0 spiro atoms. The summed E-state index contributed by atoms with van der Waals surface area (Å²) in [5, 5.41) is 11.9. The minimum atomic E-state index is -4.46. The Morgan fingerprint density at radius 2 is 1.79 bits per heavy atom. The molecule has 0 fully saturated rings. The monoisotopic (exact) mass is 267 g/mol. The van der Waals surface area contributed by atoms with Gasteiger partial charge >= 0.3 is 6.18 Å². The molecule has 1 heterocycles. The van der Waals surface area contributed by atoms with E-state index in [2.05, 4.69) is 15.1 Å². The molecule has 0 saturated heterocycles. The Morgan fingerprint density at radius 1 is 1.11 bits per heavy atom. The molecule has 2 rings (SSSR count). The first-order valence-electron chi connectivity index (χ1n) is 5.19. The minimum Gasteiger partial charge on any atom is -0.410 e. The summed E-state index contributed by atoms with van der Waals surface area (Å²) >= 11 is 0. The van der Waals surface area contributed by atoms with Gasteiger partial charge in [-0.1, -0.05) is 17.3 Å². The van der Waals surface area contributed by atoms with Gasteiger partial charge in [0.25, 0.3) is 0 Å². The third-order valence-corrected chi connectivity index (χ3v) is 2.34. The quantitative estimate of drug-likeness (QED) is 0.517. The Kier molecular flexibility index (Phi) is 3.46. The molecule has 0 unspecified atom stereocenters. The van der Waals surface area contributed by atoms with Crippen molar-refractivity contribution in [1.82, 2.24) is 9.97 Å². The molecule has 0 radical (unpaired) electrons. The van der Waals surface area contributed by atoms with Crippen molar-refractivity contribution < 1.29 is 18.4 Å². The number of alkyl halides is 3. The second-order valence-corrected chi connectivity index (χ2v) is 3.60. The first kappa shape index (κ1) is 13.0. The van der Waals surface area contributed by atoms with Gasteiger partial charge in [-0.3, -0.25) is 0 Å². The average Bonchev–Trinajstić information content (AvgIpc) is 2.40. The van der Waals surface area contributed by atoms with Crippen LogP contribution in [0.1, 0.15) is 17.0 Å². The molecule has 0 saturated carbocycles. The number of benzene rings is 1. The van der Waals surface area contributed by atoms with E-state index in [1.165, 1.54) is 24.5 Å². The van der Waals surface area contributed by atoms with E-state index in [-0.39, 0.29) is 17.1 Å². The lowest BCUT2D eigenvalue weighted by atomic mass is 10.1. The molecule has 1 aromatic heterocycles. The summed E-state index contributed by atoms with van der Waals surface area (Å²) in [7, 11) is 0. The Balaban J connectivity index is 2.47. The van der Waals surface area contributed by atoms with Gasteiger partial charge in [-0.05, 0) is 18.2 Å². The normalized spacial score (nSPS) is 12.5. The Morgan fingerprint density at radius 3 is 2.37 bits per heavy atom. The first-order valence-corrected chi connectivity index (χ1v) is 5.19. The number of oxime groups is 1. The van der Waals surface area contributed by atoms with Gasteiger partial charge in [0.15, 0.2) is 11.5 Å². The Hall–Kier alpha value is -2.44. The maximum Gasteiger partial charge on any atom is 0.416 e. The van der Waals surface area contributed by atoms with Crippen molar-refractivity contribution in [2.45, 2.75) is 6.18 Å². The second-order valence-electron chi connectivity index (χ2n) is 3.60. The van der Waals surface area contributed by atoms with Crippen LogP contribution in [0.3, 0.4) is 0 Å². The lowest BCUT2D eigenvalue weighted by Gasteiger charge is -2.08. The highest BCUT2D eigenvalue weighted by Gasteiger charge is 2.31. The van der Waals surface area contributed by atoms with E-state index in [0.717, 1.165) is 12.1 Å². The standard InChI is InChI=1S/C12H8F3N3O/c13-12(14,15)9-4-1-3-8(7-9)10(18-19)11-16-5-2-6-17-11/h1-7,19H/b18-10+. The lowest BCUT2D eigenvalue weighted by Crippen LogP contribution is -2.11. The molecule has 19 heavy (non-hydrogen) atoms. The van der Waals surface area contributed by atoms with E-state index in [0.29, 0.717) is 0 Å². The predicted octanol–water partition coefficient (Wildman–Crippen LogP) is 2.72. The van der Waals surface area contributed by atoms with Crippen molar-refractivity contribution in [3.63, 3.8) is 0 Å². The Bertz CT molecular complexity index is 597. The lowest BCUT2D eigenvalue weighted by molar-refractivity contribution is -0.137. The van der Waals surface area contributed by atoms with Crippen LogP contribution in [0.4, 0.5) is 13.2 Å². The summed E-state index contributed by atoms with van der Waals surface area (Å²) in [4.78, 5) is 7.67. The highest BCUT2D eigenvalue weighted by atomic mass is 19.4. The van der Waals surface area contributed by atoms with Crippen LogP contribution in [0.2, 0.25) is 0 Å². The molecule has 98 valence electrons. The highest BCUT2D eigenvalue weighted by Crippen LogP contribution is 2.29. The van der Waals surface area contributed by atoms with Gasteiger partial charge in [-0.15, -0.1) is 0 Å². The van der Waals surface area contributed by atoms with Crippen LogP contribution in [0.25, 0.3) is 0 Å². The maximum absolute atomic E-state index is 12.6. The van der Waals surface area contributed by atoms with Gasteiger partial charge in [-0.2, -0.15) is 13.2 Å². The number of hydrogen-bond donors (Lipinski definition) is 1. The Labute approximate surface area is 106 Å². The molecule has 1 N–H and O–H groups in total. The van der Waals surface area contributed by atoms with E-state index in [1.54, 1.807) is 6.07 Å². The summed E-state index contributed by atoms with van der Waals surface area (Å²) in [5.41, 5.74) is -0.864. The van der Waals surface area contributed by atoms with Gasteiger partial charge in [0.05, 0.1) is 5.56 Å². The molecular formula is C12H8F3N3O. The third kappa shape index (κ3) is 2.87. The predicted molar refractivity (Wildman–Crippen MR) is 60.9 cm³/mol. The van der Waals surface area contributed by atoms with Crippen molar-refractivity contribution in [2.24, 2.45) is 5.16 Å². The zero-order chi connectivity index (χ0) is 13.9. The number of halogens is 3. The van der Waals surface area contributed by atoms with E-state index in [1.807, 2.05) is 0 Å². The van der Waals surface area contributed by atoms with E-state index in [9.17, 15) is 13.2 Å². The van der Waals surface area contributed by atoms with E-state index < -0.39 is 11.7 Å². The summed E-state index contributed by atoms with van der Waals surface area (Å²) in [6.07, 6.45) is -1.66. The van der Waals surface area contributed by atoms with Crippen molar-refractivity contribution in [1.29, 1.82) is 0 Å². The molecule has 1 aromatic carbocycles. The van der Waals surface area contributed by atoms with Gasteiger partial charge in [0.1, 0.15) is 0 Å². The summed E-state index contributed by atoms with van der Waals surface area (Å²) in [6, 6.07) is 5.98. The number of hydrogen-bond acceptors (Lipinski definition) is 4. The second kappa shape index (κ2) is 5.05. The van der Waals surface area contributed by atoms with Gasteiger partial charge in [0.2, 0.25) is 0 Å². The fraction of sp³-hybridized carbons (Fsp3) is 0.0833. The van der Waals surface area contributed by atoms with Crippen molar-refractivity contribution in [3.05, 3.63) is 59.7 Å². The van der Waals surface area contributed by atoms with Gasteiger partial charge in [-0.25, -0.2) is 9.97 Å². The maximum atomic E-state index is 12.6. The summed E-state index contributed by atoms with van der Waals surface area (Å²) in [5.74, 6) is 0.0457. The minimum absolute atomic E-state index is 0.0457. The zero-order valence-electron chi connectivity index (χ0n) is 9.46. The smallest absolute Gasteiger partial charge is 0.410 e. The molecule has 0 atom stereocenters. The molecule has 2 aromatic rings. The fourth-order valence-corrected chi connectivity index (χ4v) is 1.50. The van der Waals surface area contributed by atoms with Crippen molar-refractivity contribution in [3.8, 4) is 0 Å². The largest absolute Gasteiger partial charge is 0.416 e. The molecule has 0 bridgehead atoms. The number of nitrogens with zero attached hydrogens (tertiary/aromatic N) is 3. The molecule has 7 heteroatoms. The summed E-state index contributed by atoms with van der Waals surface area (Å²) in [6.45, 7) is 0. The highest BCUT2D eigenvalue weighted by molar-refractivity contribution is 6.10. The molecular weight excluding hydrogens is 259 g/mol. The molecule has 0 aliphatic rings. The van der Waals surface area contributed by atoms with Crippen molar-refractivity contribution >= 4 is 5.71 Å². The van der Waals surface area contributed by atoms with Crippen LogP contribution in [-0.4, -0.2) is 20.9 Å². The molecule has 4 nitrogen and oxygen atoms in total. The average molecular weight is 267 g/mol. The van der Waals surface area contributed by atoms with E-state index in [4.69, 9.17) is 5.21 Å². The summed E-state index contributed by atoms with van der Waals surface area (Å²) < 4.78 is 37.8. The van der Waals surface area contributed by atoms with Crippen LogP contribution in [0, 0.1) is 0 Å². The van der Waals surface area contributed by atoms with Gasteiger partial charge in [0, 0.05) is 18.0 Å². The zero-order valence-corrected chi connectivity index (χ0v) is 9.46. The number of aromatic nitrogens is 2. The van der Waals surface area contributed by atoms with Crippen LogP contribution in [0.15, 0.2) is 47.9 Å².